The van der Waals surface area contributed by atoms with Gasteiger partial charge in [-0.05, 0) is 53.2 Å². The predicted molar refractivity (Wildman–Crippen MR) is 113 cm³/mol. The number of nitrogens with zero attached hydrogens (tertiary/aromatic N) is 1. The van der Waals surface area contributed by atoms with Crippen molar-refractivity contribution in [3.63, 3.8) is 0 Å². The molecule has 2 aromatic rings. The first-order chi connectivity index (χ1) is 14.9. The summed E-state index contributed by atoms with van der Waals surface area (Å²) in [5, 5.41) is -0.524. The lowest BCUT2D eigenvalue weighted by molar-refractivity contribution is -0.143. The molecule has 0 aromatic heterocycles. The summed E-state index contributed by atoms with van der Waals surface area (Å²) >= 11 is 0.763. The maximum Gasteiger partial charge on any atom is 0.337 e. The smallest absolute Gasteiger partial charge is 0.337 e. The fraction of sp³-hybridized carbons (Fsp3) is 0.182. The molecule has 2 amide bonds. The van der Waals surface area contributed by atoms with E-state index in [1.807, 2.05) is 0 Å². The molecule has 0 aliphatic carbocycles. The number of carbonyl (C=O) groups excluding carboxylic acids is 4. The van der Waals surface area contributed by atoms with Gasteiger partial charge in [-0.1, -0.05) is 24.3 Å². The van der Waals surface area contributed by atoms with Crippen LogP contribution in [0, 0.1) is 0 Å². The summed E-state index contributed by atoms with van der Waals surface area (Å²) in [5.74, 6) is -1.05. The molecule has 3 rings (SSSR count). The topological polar surface area (TPSA) is 99.2 Å². The first kappa shape index (κ1) is 22.1. The molecular formula is C22H19NO7S. The van der Waals surface area contributed by atoms with E-state index in [-0.39, 0.29) is 11.5 Å². The van der Waals surface area contributed by atoms with Gasteiger partial charge in [-0.3, -0.25) is 19.3 Å². The first-order valence-electron chi connectivity index (χ1n) is 9.13. The van der Waals surface area contributed by atoms with Gasteiger partial charge in [0.1, 0.15) is 18.9 Å². The summed E-state index contributed by atoms with van der Waals surface area (Å²) in [7, 11) is 2.52. The van der Waals surface area contributed by atoms with Gasteiger partial charge in [0.15, 0.2) is 0 Å². The molecule has 160 valence electrons. The fourth-order valence-electron chi connectivity index (χ4n) is 2.70. The zero-order chi connectivity index (χ0) is 22.4. The lowest BCUT2D eigenvalue weighted by Crippen LogP contribution is -2.34. The minimum Gasteiger partial charge on any atom is -0.489 e. The first-order valence-corrected chi connectivity index (χ1v) is 9.95. The third-order valence-corrected chi connectivity index (χ3v) is 5.23. The van der Waals surface area contributed by atoms with E-state index in [0.717, 1.165) is 22.2 Å². The molecule has 0 spiro atoms. The molecule has 1 heterocycles. The largest absolute Gasteiger partial charge is 0.489 e. The summed E-state index contributed by atoms with van der Waals surface area (Å²) in [6, 6.07) is 13.9. The van der Waals surface area contributed by atoms with Crippen LogP contribution in [0.4, 0.5) is 4.79 Å². The lowest BCUT2D eigenvalue weighted by atomic mass is 10.1. The molecule has 8 nitrogen and oxygen atoms in total. The Balaban J connectivity index is 1.66. The maximum absolute atomic E-state index is 12.4. The van der Waals surface area contributed by atoms with Crippen LogP contribution in [0.3, 0.4) is 0 Å². The number of benzene rings is 2. The van der Waals surface area contributed by atoms with Gasteiger partial charge in [0.2, 0.25) is 0 Å². The number of esters is 2. The number of rotatable bonds is 7. The molecule has 1 fully saturated rings. The van der Waals surface area contributed by atoms with Crippen LogP contribution in [0.15, 0.2) is 53.4 Å². The van der Waals surface area contributed by atoms with Crippen LogP contribution >= 0.6 is 11.8 Å². The number of carbonyl (C=O) groups is 4. The molecule has 1 saturated heterocycles. The minimum absolute atomic E-state index is 0.212. The average Bonchev–Trinajstić information content (AvgIpc) is 3.04. The number of amides is 2. The predicted octanol–water partition coefficient (Wildman–Crippen LogP) is 3.26. The van der Waals surface area contributed by atoms with E-state index >= 15 is 0 Å². The van der Waals surface area contributed by atoms with Crippen molar-refractivity contribution >= 4 is 40.9 Å². The Bertz CT molecular complexity index is 1050. The monoisotopic (exact) mass is 441 g/mol. The summed E-state index contributed by atoms with van der Waals surface area (Å²) in [6.07, 6.45) is 1.57. The van der Waals surface area contributed by atoms with Gasteiger partial charge < -0.3 is 14.2 Å². The van der Waals surface area contributed by atoms with E-state index in [9.17, 15) is 19.2 Å². The quantitative estimate of drug-likeness (QED) is 0.477. The van der Waals surface area contributed by atoms with Crippen LogP contribution in [0.1, 0.15) is 21.5 Å². The molecule has 0 N–H and O–H groups in total. The van der Waals surface area contributed by atoms with E-state index in [1.165, 1.54) is 14.2 Å². The molecule has 0 atom stereocenters. The van der Waals surface area contributed by atoms with E-state index in [2.05, 4.69) is 9.47 Å². The molecule has 0 radical (unpaired) electrons. The minimum atomic E-state index is -0.668. The number of imide groups is 1. The van der Waals surface area contributed by atoms with Gasteiger partial charge in [-0.15, -0.1) is 0 Å². The maximum atomic E-state index is 12.4. The van der Waals surface area contributed by atoms with Crippen molar-refractivity contribution in [1.29, 1.82) is 0 Å². The van der Waals surface area contributed by atoms with E-state index < -0.39 is 29.6 Å². The van der Waals surface area contributed by atoms with Gasteiger partial charge in [-0.2, -0.15) is 0 Å². The van der Waals surface area contributed by atoms with Crippen LogP contribution in [0.25, 0.3) is 6.08 Å². The molecule has 0 saturated carbocycles. The zero-order valence-electron chi connectivity index (χ0n) is 16.8. The highest BCUT2D eigenvalue weighted by atomic mass is 32.2. The Labute approximate surface area is 182 Å². The Hall–Kier alpha value is -3.59. The highest BCUT2D eigenvalue weighted by molar-refractivity contribution is 8.18. The summed E-state index contributed by atoms with van der Waals surface area (Å²) in [6.45, 7) is -0.142. The standard InChI is InChI=1S/C22H19NO7S/c1-28-19(24)12-23-20(25)18(31-22(23)27)11-15-4-3-5-17(10-15)30-13-14-6-8-16(9-7-14)21(26)29-2/h3-11H,12-13H2,1-2H3. The van der Waals surface area contributed by atoms with Crippen molar-refractivity contribution in [2.24, 2.45) is 0 Å². The molecule has 0 unspecified atom stereocenters. The number of methoxy groups -OCH3 is 2. The third kappa shape index (κ3) is 5.52. The zero-order valence-corrected chi connectivity index (χ0v) is 17.6. The molecule has 2 aromatic carbocycles. The van der Waals surface area contributed by atoms with Crippen molar-refractivity contribution in [2.75, 3.05) is 20.8 Å². The van der Waals surface area contributed by atoms with Crippen molar-refractivity contribution < 1.29 is 33.4 Å². The second-order valence-electron chi connectivity index (χ2n) is 6.39. The molecule has 9 heteroatoms. The fourth-order valence-corrected chi connectivity index (χ4v) is 3.54. The summed E-state index contributed by atoms with van der Waals surface area (Å²) in [5.41, 5.74) is 1.98. The van der Waals surface area contributed by atoms with Gasteiger partial charge >= 0.3 is 11.9 Å². The highest BCUT2D eigenvalue weighted by Crippen LogP contribution is 2.32. The SMILES string of the molecule is COC(=O)CN1C(=O)SC(=Cc2cccc(OCc3ccc(C(=O)OC)cc3)c2)C1=O. The number of hydrogen-bond donors (Lipinski definition) is 0. The van der Waals surface area contributed by atoms with Crippen molar-refractivity contribution in [3.8, 4) is 5.75 Å². The normalized spacial score (nSPS) is 14.6. The van der Waals surface area contributed by atoms with Crippen LogP contribution in [-0.4, -0.2) is 48.7 Å². The molecule has 0 bridgehead atoms. The Morgan fingerprint density at radius 3 is 2.45 bits per heavy atom. The van der Waals surface area contributed by atoms with Crippen molar-refractivity contribution in [1.82, 2.24) is 4.90 Å². The van der Waals surface area contributed by atoms with Gasteiger partial charge in [0, 0.05) is 0 Å². The molecular weight excluding hydrogens is 422 g/mol. The average molecular weight is 441 g/mol. The Morgan fingerprint density at radius 2 is 1.77 bits per heavy atom. The highest BCUT2D eigenvalue weighted by Gasteiger charge is 2.36. The van der Waals surface area contributed by atoms with Crippen LogP contribution in [0.2, 0.25) is 0 Å². The number of thioether (sulfide) groups is 1. The summed E-state index contributed by atoms with van der Waals surface area (Å²) in [4.78, 5) is 48.4. The van der Waals surface area contributed by atoms with Crippen molar-refractivity contribution in [3.05, 3.63) is 70.1 Å². The second-order valence-corrected chi connectivity index (χ2v) is 7.39. The van der Waals surface area contributed by atoms with Crippen molar-refractivity contribution in [2.45, 2.75) is 6.61 Å². The Kier molecular flexibility index (Phi) is 7.09. The second kappa shape index (κ2) is 9.94. The molecule has 31 heavy (non-hydrogen) atoms. The van der Waals surface area contributed by atoms with E-state index in [4.69, 9.17) is 4.74 Å². The van der Waals surface area contributed by atoms with Crippen LogP contribution < -0.4 is 4.74 Å². The van der Waals surface area contributed by atoms with E-state index in [0.29, 0.717) is 16.9 Å². The van der Waals surface area contributed by atoms with E-state index in [1.54, 1.807) is 54.6 Å². The van der Waals surface area contributed by atoms with Gasteiger partial charge in [0.25, 0.3) is 11.1 Å². The number of hydrogen-bond acceptors (Lipinski definition) is 8. The lowest BCUT2D eigenvalue weighted by Gasteiger charge is -2.10. The van der Waals surface area contributed by atoms with Gasteiger partial charge in [0.05, 0.1) is 24.7 Å². The molecule has 1 aliphatic rings. The van der Waals surface area contributed by atoms with Crippen LogP contribution in [0.5, 0.6) is 5.75 Å². The molecule has 1 aliphatic heterocycles. The summed E-state index contributed by atoms with van der Waals surface area (Å²) < 4.78 is 15.0. The third-order valence-electron chi connectivity index (χ3n) is 4.32. The Morgan fingerprint density at radius 1 is 1.03 bits per heavy atom. The number of ether oxygens (including phenoxy) is 3. The van der Waals surface area contributed by atoms with Crippen LogP contribution in [-0.2, 0) is 25.7 Å². The van der Waals surface area contributed by atoms with Gasteiger partial charge in [-0.25, -0.2) is 4.79 Å².